The molecule has 2 rings (SSSR count). The molecular formula is C17H26N2O2. The number of carbonyl (C=O) groups is 1. The third-order valence-electron chi connectivity index (χ3n) is 4.20. The maximum Gasteiger partial charge on any atom is 0.226 e. The molecule has 1 N–H and O–H groups in total. The van der Waals surface area contributed by atoms with Crippen LogP contribution in [0.5, 0.6) is 5.75 Å². The van der Waals surface area contributed by atoms with Crippen molar-refractivity contribution < 1.29 is 9.53 Å². The Kier molecular flexibility index (Phi) is 5.62. The first-order valence-corrected chi connectivity index (χ1v) is 7.76. The summed E-state index contributed by atoms with van der Waals surface area (Å²) in [6.07, 6.45) is 2.66. The van der Waals surface area contributed by atoms with E-state index in [0.717, 1.165) is 31.7 Å². The second-order valence-corrected chi connectivity index (χ2v) is 5.79. The highest BCUT2D eigenvalue weighted by atomic mass is 16.5. The van der Waals surface area contributed by atoms with E-state index >= 15 is 0 Å². The molecule has 1 unspecified atom stereocenters. The quantitative estimate of drug-likeness (QED) is 0.874. The molecule has 1 atom stereocenters. The number of hydrogen-bond donors (Lipinski definition) is 1. The molecule has 1 amide bonds. The predicted octanol–water partition coefficient (Wildman–Crippen LogP) is 2.28. The summed E-state index contributed by atoms with van der Waals surface area (Å²) in [5, 5.41) is 3.16. The molecule has 0 saturated carbocycles. The van der Waals surface area contributed by atoms with Crippen molar-refractivity contribution in [1.82, 2.24) is 10.2 Å². The third kappa shape index (κ3) is 4.21. The Hall–Kier alpha value is -1.55. The first-order chi connectivity index (χ1) is 10.1. The van der Waals surface area contributed by atoms with Crippen LogP contribution in [-0.4, -0.2) is 43.6 Å². The lowest BCUT2D eigenvalue weighted by Crippen LogP contribution is -2.41. The number of amides is 1. The summed E-state index contributed by atoms with van der Waals surface area (Å²) in [7, 11) is 1.93. The summed E-state index contributed by atoms with van der Waals surface area (Å²) in [6, 6.07) is 6.39. The summed E-state index contributed by atoms with van der Waals surface area (Å²) >= 11 is 0. The molecule has 0 aliphatic carbocycles. The molecular weight excluding hydrogens is 264 g/mol. The average Bonchev–Trinajstić information content (AvgIpc) is 2.91. The monoisotopic (exact) mass is 290 g/mol. The van der Waals surface area contributed by atoms with E-state index in [2.05, 4.69) is 25.2 Å². The van der Waals surface area contributed by atoms with Gasteiger partial charge in [0.2, 0.25) is 5.91 Å². The summed E-state index contributed by atoms with van der Waals surface area (Å²) < 4.78 is 5.70. The summed E-state index contributed by atoms with van der Waals surface area (Å²) in [6.45, 7) is 6.36. The van der Waals surface area contributed by atoms with Gasteiger partial charge in [-0.15, -0.1) is 0 Å². The van der Waals surface area contributed by atoms with Gasteiger partial charge in [-0.1, -0.05) is 6.07 Å². The molecule has 0 radical (unpaired) electrons. The molecule has 1 aliphatic rings. The number of likely N-dealkylation sites (N-methyl/N-ethyl adjacent to an activating group) is 1. The van der Waals surface area contributed by atoms with Crippen LogP contribution in [0.3, 0.4) is 0 Å². The van der Waals surface area contributed by atoms with Gasteiger partial charge in [-0.2, -0.15) is 0 Å². The Labute approximate surface area is 127 Å². The Morgan fingerprint density at radius 1 is 1.38 bits per heavy atom. The Bertz CT molecular complexity index is 488. The van der Waals surface area contributed by atoms with Crippen molar-refractivity contribution in [2.24, 2.45) is 0 Å². The van der Waals surface area contributed by atoms with E-state index in [1.54, 1.807) is 0 Å². The normalized spacial score (nSPS) is 18.0. The highest BCUT2D eigenvalue weighted by Crippen LogP contribution is 2.19. The van der Waals surface area contributed by atoms with Crippen molar-refractivity contribution in [2.75, 3.05) is 26.7 Å². The van der Waals surface area contributed by atoms with Crippen LogP contribution >= 0.6 is 0 Å². The van der Waals surface area contributed by atoms with E-state index in [1.807, 2.05) is 24.1 Å². The number of hydrogen-bond acceptors (Lipinski definition) is 3. The van der Waals surface area contributed by atoms with Gasteiger partial charge < -0.3 is 15.0 Å². The van der Waals surface area contributed by atoms with E-state index < -0.39 is 0 Å². The van der Waals surface area contributed by atoms with Gasteiger partial charge in [0.15, 0.2) is 0 Å². The number of aryl methyl sites for hydroxylation is 2. The second-order valence-electron chi connectivity index (χ2n) is 5.79. The zero-order valence-corrected chi connectivity index (χ0v) is 13.3. The number of carbonyl (C=O) groups excluding carboxylic acids is 1. The fraction of sp³-hybridized carbons (Fsp3) is 0.588. The SMILES string of the molecule is CNCC1CCCN1C(=O)CCOc1ccc(C)c(C)c1. The van der Waals surface area contributed by atoms with Gasteiger partial charge >= 0.3 is 0 Å². The molecule has 1 aromatic carbocycles. The fourth-order valence-electron chi connectivity index (χ4n) is 2.82. The fourth-order valence-corrected chi connectivity index (χ4v) is 2.82. The summed E-state index contributed by atoms with van der Waals surface area (Å²) in [5.74, 6) is 1.05. The van der Waals surface area contributed by atoms with E-state index in [-0.39, 0.29) is 5.91 Å². The molecule has 0 spiro atoms. The largest absolute Gasteiger partial charge is 0.493 e. The summed E-state index contributed by atoms with van der Waals surface area (Å²) in [4.78, 5) is 14.3. The molecule has 1 saturated heterocycles. The minimum Gasteiger partial charge on any atom is -0.493 e. The molecule has 0 aromatic heterocycles. The first kappa shape index (κ1) is 15.8. The van der Waals surface area contributed by atoms with Crippen LogP contribution in [0.25, 0.3) is 0 Å². The predicted molar refractivity (Wildman–Crippen MR) is 84.7 cm³/mol. The standard InChI is InChI=1S/C17H26N2O2/c1-13-6-7-16(11-14(13)2)21-10-8-17(20)19-9-4-5-15(19)12-18-3/h6-7,11,15,18H,4-5,8-10,12H2,1-3H3. The number of nitrogens with one attached hydrogen (secondary N) is 1. The smallest absolute Gasteiger partial charge is 0.226 e. The van der Waals surface area contributed by atoms with Crippen molar-refractivity contribution in [3.05, 3.63) is 29.3 Å². The molecule has 0 bridgehead atoms. The Balaban J connectivity index is 1.79. The molecule has 1 heterocycles. The van der Waals surface area contributed by atoms with Crippen LogP contribution < -0.4 is 10.1 Å². The zero-order valence-electron chi connectivity index (χ0n) is 13.3. The van der Waals surface area contributed by atoms with Crippen LogP contribution in [0.2, 0.25) is 0 Å². The Morgan fingerprint density at radius 2 is 2.19 bits per heavy atom. The van der Waals surface area contributed by atoms with Crippen LogP contribution in [0.15, 0.2) is 18.2 Å². The zero-order chi connectivity index (χ0) is 15.2. The highest BCUT2D eigenvalue weighted by Gasteiger charge is 2.27. The number of likely N-dealkylation sites (tertiary alicyclic amines) is 1. The van der Waals surface area contributed by atoms with E-state index in [0.29, 0.717) is 19.1 Å². The number of rotatable bonds is 6. The molecule has 116 valence electrons. The van der Waals surface area contributed by atoms with Crippen LogP contribution in [0.4, 0.5) is 0 Å². The number of ether oxygens (including phenoxy) is 1. The first-order valence-electron chi connectivity index (χ1n) is 7.76. The topological polar surface area (TPSA) is 41.6 Å². The maximum atomic E-state index is 12.3. The van der Waals surface area contributed by atoms with Crippen molar-refractivity contribution in [1.29, 1.82) is 0 Å². The van der Waals surface area contributed by atoms with Crippen LogP contribution in [0, 0.1) is 13.8 Å². The molecule has 4 heteroatoms. The molecule has 1 aliphatic heterocycles. The van der Waals surface area contributed by atoms with Crippen molar-refractivity contribution >= 4 is 5.91 Å². The summed E-state index contributed by atoms with van der Waals surface area (Å²) in [5.41, 5.74) is 2.47. The number of benzene rings is 1. The van der Waals surface area contributed by atoms with E-state index in [4.69, 9.17) is 4.74 Å². The average molecular weight is 290 g/mol. The van der Waals surface area contributed by atoms with Crippen molar-refractivity contribution in [2.45, 2.75) is 39.2 Å². The lowest BCUT2D eigenvalue weighted by Gasteiger charge is -2.24. The minimum absolute atomic E-state index is 0.205. The molecule has 1 fully saturated rings. The lowest BCUT2D eigenvalue weighted by atomic mass is 10.1. The van der Waals surface area contributed by atoms with E-state index in [1.165, 1.54) is 11.1 Å². The minimum atomic E-state index is 0.205. The third-order valence-corrected chi connectivity index (χ3v) is 4.20. The highest BCUT2D eigenvalue weighted by molar-refractivity contribution is 5.77. The maximum absolute atomic E-state index is 12.3. The van der Waals surface area contributed by atoms with Gasteiger partial charge in [-0.25, -0.2) is 0 Å². The van der Waals surface area contributed by atoms with Crippen molar-refractivity contribution in [3.63, 3.8) is 0 Å². The lowest BCUT2D eigenvalue weighted by molar-refractivity contribution is -0.132. The number of nitrogens with zero attached hydrogens (tertiary/aromatic N) is 1. The van der Waals surface area contributed by atoms with Crippen molar-refractivity contribution in [3.8, 4) is 5.75 Å². The molecule has 21 heavy (non-hydrogen) atoms. The van der Waals surface area contributed by atoms with Crippen LogP contribution in [0.1, 0.15) is 30.4 Å². The van der Waals surface area contributed by atoms with Gasteiger partial charge in [0.25, 0.3) is 0 Å². The van der Waals surface area contributed by atoms with Crippen LogP contribution in [-0.2, 0) is 4.79 Å². The van der Waals surface area contributed by atoms with E-state index in [9.17, 15) is 4.79 Å². The van der Waals surface area contributed by atoms with Gasteiger partial charge in [0.05, 0.1) is 13.0 Å². The van der Waals surface area contributed by atoms with Gasteiger partial charge in [0.1, 0.15) is 5.75 Å². The molecule has 4 nitrogen and oxygen atoms in total. The van der Waals surface area contributed by atoms with Gasteiger partial charge in [0, 0.05) is 19.1 Å². The molecule has 1 aromatic rings. The van der Waals surface area contributed by atoms with Gasteiger partial charge in [-0.05, 0) is 57.0 Å². The Morgan fingerprint density at radius 3 is 2.90 bits per heavy atom. The second kappa shape index (κ2) is 7.46. The van der Waals surface area contributed by atoms with Gasteiger partial charge in [-0.3, -0.25) is 4.79 Å².